The van der Waals surface area contributed by atoms with E-state index in [1.807, 2.05) is 62.2 Å². The van der Waals surface area contributed by atoms with Crippen LogP contribution in [0, 0.1) is 5.92 Å². The molecule has 0 amide bonds. The Bertz CT molecular complexity index is 1440. The largest absolute Gasteiger partial charge is 0.388 e. The number of nitrogens with zero attached hydrogens (tertiary/aromatic N) is 4. The van der Waals surface area contributed by atoms with E-state index in [9.17, 15) is 5.11 Å². The number of aliphatic hydroxyl groups is 1. The summed E-state index contributed by atoms with van der Waals surface area (Å²) in [7, 11) is 1.89. The third-order valence-electron chi connectivity index (χ3n) is 6.61. The highest BCUT2D eigenvalue weighted by Gasteiger charge is 2.26. The summed E-state index contributed by atoms with van der Waals surface area (Å²) in [6.45, 7) is 1.37. The Balaban J connectivity index is 1.36. The summed E-state index contributed by atoms with van der Waals surface area (Å²) in [5.41, 5.74) is 6.09. The van der Waals surface area contributed by atoms with E-state index in [1.54, 1.807) is 4.68 Å². The molecule has 1 saturated heterocycles. The van der Waals surface area contributed by atoms with E-state index >= 15 is 0 Å². The number of fused-ring (bicyclic) bond motifs is 1. The number of aryl methyl sites for hydroxylation is 1. The van der Waals surface area contributed by atoms with Crippen LogP contribution in [0.1, 0.15) is 24.5 Å². The van der Waals surface area contributed by atoms with Crippen molar-refractivity contribution in [1.82, 2.24) is 24.9 Å². The molecule has 1 aliphatic heterocycles. The molecule has 5 aromatic rings. The Labute approximate surface area is 196 Å². The van der Waals surface area contributed by atoms with E-state index in [4.69, 9.17) is 9.26 Å². The van der Waals surface area contributed by atoms with Gasteiger partial charge in [-0.2, -0.15) is 5.10 Å². The van der Waals surface area contributed by atoms with E-state index in [0.29, 0.717) is 24.7 Å². The summed E-state index contributed by atoms with van der Waals surface area (Å²) >= 11 is 0. The van der Waals surface area contributed by atoms with Crippen LogP contribution in [0.3, 0.4) is 0 Å². The molecular weight excluding hydrogens is 430 g/mol. The molecule has 0 saturated carbocycles. The number of aliphatic hydroxyl groups excluding tert-OH is 1. The first-order valence-corrected chi connectivity index (χ1v) is 11.5. The highest BCUT2D eigenvalue weighted by Crippen LogP contribution is 2.38. The normalized spacial score (nSPS) is 15.7. The molecule has 0 aliphatic carbocycles. The zero-order valence-corrected chi connectivity index (χ0v) is 18.8. The quantitative estimate of drug-likeness (QED) is 0.397. The third kappa shape index (κ3) is 3.70. The van der Waals surface area contributed by atoms with Gasteiger partial charge in [0.15, 0.2) is 5.76 Å². The van der Waals surface area contributed by atoms with Crippen LogP contribution in [-0.4, -0.2) is 43.2 Å². The van der Waals surface area contributed by atoms with Gasteiger partial charge in [-0.3, -0.25) is 4.68 Å². The summed E-state index contributed by atoms with van der Waals surface area (Å²) in [6, 6.07) is 11.8. The van der Waals surface area contributed by atoms with Crippen LogP contribution in [0.25, 0.3) is 44.7 Å². The number of hydrogen-bond acceptors (Lipinski definition) is 6. The second kappa shape index (κ2) is 8.55. The predicted molar refractivity (Wildman–Crippen MR) is 128 cm³/mol. The predicted octanol–water partition coefficient (Wildman–Crippen LogP) is 4.75. The monoisotopic (exact) mass is 455 g/mol. The van der Waals surface area contributed by atoms with Crippen LogP contribution >= 0.6 is 0 Å². The zero-order valence-electron chi connectivity index (χ0n) is 18.8. The van der Waals surface area contributed by atoms with Crippen LogP contribution < -0.4 is 0 Å². The van der Waals surface area contributed by atoms with E-state index in [1.165, 1.54) is 0 Å². The lowest BCUT2D eigenvalue weighted by molar-refractivity contribution is 0.00734. The molecular formula is C26H25N5O3. The minimum atomic E-state index is -0.576. The lowest BCUT2D eigenvalue weighted by Gasteiger charge is -2.27. The number of aromatic amines is 1. The molecule has 2 N–H and O–H groups in total. The lowest BCUT2D eigenvalue weighted by Crippen LogP contribution is -2.22. The number of ether oxygens (including phenoxy) is 1. The molecule has 6 rings (SSSR count). The first-order chi connectivity index (χ1) is 16.7. The fraction of sp³-hybridized carbons (Fsp3) is 0.269. The number of rotatable bonds is 5. The van der Waals surface area contributed by atoms with Gasteiger partial charge in [-0.05, 0) is 30.4 Å². The van der Waals surface area contributed by atoms with Gasteiger partial charge in [0, 0.05) is 72.6 Å². The molecule has 8 heteroatoms. The number of aromatic nitrogens is 5. The molecule has 0 bridgehead atoms. The molecule has 1 aliphatic rings. The second-order valence-corrected chi connectivity index (χ2v) is 8.78. The highest BCUT2D eigenvalue weighted by atomic mass is 16.5. The summed E-state index contributed by atoms with van der Waals surface area (Å²) in [5.74, 6) is 0.797. The van der Waals surface area contributed by atoms with Crippen molar-refractivity contribution in [3.63, 3.8) is 0 Å². The number of hydrogen-bond donors (Lipinski definition) is 2. The summed E-state index contributed by atoms with van der Waals surface area (Å²) < 4.78 is 13.0. The SMILES string of the molecule is Cn1cc(-c2cnc3[nH]cc(-c4cc(-c5ccccc5C(O)C5CCOCC5)on4)c3c2)cn1. The van der Waals surface area contributed by atoms with E-state index in [0.717, 1.165) is 51.7 Å². The Morgan fingerprint density at radius 2 is 1.94 bits per heavy atom. The van der Waals surface area contributed by atoms with Gasteiger partial charge >= 0.3 is 0 Å². The first-order valence-electron chi connectivity index (χ1n) is 11.5. The van der Waals surface area contributed by atoms with Crippen molar-refractivity contribution in [2.75, 3.05) is 13.2 Å². The van der Waals surface area contributed by atoms with Crippen molar-refractivity contribution < 1.29 is 14.4 Å². The van der Waals surface area contributed by atoms with E-state index in [-0.39, 0.29) is 5.92 Å². The molecule has 1 unspecified atom stereocenters. The van der Waals surface area contributed by atoms with Gasteiger partial charge in [-0.1, -0.05) is 29.4 Å². The van der Waals surface area contributed by atoms with Gasteiger partial charge < -0.3 is 19.4 Å². The van der Waals surface area contributed by atoms with Crippen molar-refractivity contribution in [2.45, 2.75) is 18.9 Å². The third-order valence-corrected chi connectivity index (χ3v) is 6.61. The topological polar surface area (TPSA) is 102 Å². The highest BCUT2D eigenvalue weighted by molar-refractivity contribution is 5.95. The molecule has 8 nitrogen and oxygen atoms in total. The second-order valence-electron chi connectivity index (χ2n) is 8.78. The lowest BCUT2D eigenvalue weighted by atomic mass is 9.87. The van der Waals surface area contributed by atoms with Gasteiger partial charge in [0.1, 0.15) is 11.3 Å². The standard InChI is InChI=1S/C26H25N5O3/c1-31-15-18(13-29-31)17-10-21-22(14-28-26(21)27-12-17)23-11-24(34-30-23)19-4-2-3-5-20(19)25(32)16-6-8-33-9-7-16/h2-5,10-16,25,32H,6-9H2,1H3,(H,27,28). The molecule has 0 spiro atoms. The maximum Gasteiger partial charge on any atom is 0.167 e. The Hall–Kier alpha value is -3.75. The molecule has 1 aromatic carbocycles. The maximum atomic E-state index is 11.1. The van der Waals surface area contributed by atoms with Gasteiger partial charge in [0.25, 0.3) is 0 Å². The van der Waals surface area contributed by atoms with Crippen molar-refractivity contribution in [2.24, 2.45) is 13.0 Å². The number of H-pyrrole nitrogens is 1. The summed E-state index contributed by atoms with van der Waals surface area (Å²) in [5, 5.41) is 20.7. The smallest absolute Gasteiger partial charge is 0.167 e. The van der Waals surface area contributed by atoms with E-state index in [2.05, 4.69) is 26.3 Å². The first kappa shape index (κ1) is 20.8. The van der Waals surface area contributed by atoms with Crippen LogP contribution in [0.5, 0.6) is 0 Å². The summed E-state index contributed by atoms with van der Waals surface area (Å²) in [4.78, 5) is 7.80. The van der Waals surface area contributed by atoms with Gasteiger partial charge in [0.2, 0.25) is 0 Å². The molecule has 1 fully saturated rings. The van der Waals surface area contributed by atoms with Crippen molar-refractivity contribution >= 4 is 11.0 Å². The minimum absolute atomic E-state index is 0.169. The van der Waals surface area contributed by atoms with Crippen LogP contribution in [0.15, 0.2) is 65.7 Å². The Morgan fingerprint density at radius 3 is 2.76 bits per heavy atom. The maximum absolute atomic E-state index is 11.1. The van der Waals surface area contributed by atoms with Crippen LogP contribution in [0.4, 0.5) is 0 Å². The minimum Gasteiger partial charge on any atom is -0.388 e. The number of benzene rings is 1. The van der Waals surface area contributed by atoms with Crippen molar-refractivity contribution in [3.05, 3.63) is 66.7 Å². The van der Waals surface area contributed by atoms with Gasteiger partial charge in [0.05, 0.1) is 12.3 Å². The van der Waals surface area contributed by atoms with Gasteiger partial charge in [-0.25, -0.2) is 4.98 Å². The Morgan fingerprint density at radius 1 is 1.09 bits per heavy atom. The molecule has 1 atom stereocenters. The average molecular weight is 456 g/mol. The van der Waals surface area contributed by atoms with Crippen LogP contribution in [-0.2, 0) is 11.8 Å². The molecule has 34 heavy (non-hydrogen) atoms. The van der Waals surface area contributed by atoms with Gasteiger partial charge in [-0.15, -0.1) is 0 Å². The molecule has 4 aromatic heterocycles. The van der Waals surface area contributed by atoms with E-state index < -0.39 is 6.10 Å². The molecule has 5 heterocycles. The average Bonchev–Trinajstić information content (AvgIpc) is 3.63. The fourth-order valence-corrected chi connectivity index (χ4v) is 4.74. The summed E-state index contributed by atoms with van der Waals surface area (Å²) in [6.07, 6.45) is 8.63. The van der Waals surface area contributed by atoms with Crippen molar-refractivity contribution in [1.29, 1.82) is 0 Å². The molecule has 172 valence electrons. The zero-order chi connectivity index (χ0) is 23.1. The fourth-order valence-electron chi connectivity index (χ4n) is 4.74. The number of pyridine rings is 1. The number of nitrogens with one attached hydrogen (secondary N) is 1. The molecule has 0 radical (unpaired) electrons. The van der Waals surface area contributed by atoms with Crippen LogP contribution in [0.2, 0.25) is 0 Å². The Kier molecular flexibility index (Phi) is 5.24. The van der Waals surface area contributed by atoms with Crippen molar-refractivity contribution in [3.8, 4) is 33.7 Å².